The number of para-hydroxylation sites is 1. The summed E-state index contributed by atoms with van der Waals surface area (Å²) in [7, 11) is 0. The van der Waals surface area contributed by atoms with Crippen molar-refractivity contribution in [3.8, 4) is 45.3 Å². The first-order valence-corrected chi connectivity index (χ1v) is 15.0. The Bertz CT molecular complexity index is 2530. The van der Waals surface area contributed by atoms with Crippen molar-refractivity contribution in [3.63, 3.8) is 0 Å². The van der Waals surface area contributed by atoms with Crippen molar-refractivity contribution in [2.45, 2.75) is 0 Å². The fraction of sp³-hybridized carbons (Fsp3) is 0. The van der Waals surface area contributed by atoms with Gasteiger partial charge in [0, 0.05) is 32.8 Å². The van der Waals surface area contributed by atoms with Crippen LogP contribution in [0.4, 0.5) is 0 Å². The van der Waals surface area contributed by atoms with E-state index in [0.717, 1.165) is 55.0 Å². The van der Waals surface area contributed by atoms with Crippen LogP contribution in [0.25, 0.3) is 88.8 Å². The average Bonchev–Trinajstić information content (AvgIpc) is 3.51. The molecule has 0 radical (unpaired) electrons. The van der Waals surface area contributed by atoms with Gasteiger partial charge in [-0.1, -0.05) is 133 Å². The van der Waals surface area contributed by atoms with Crippen molar-refractivity contribution >= 4 is 43.5 Å². The lowest BCUT2D eigenvalue weighted by atomic mass is 9.99. The standard InChI is InChI=1S/C41H25N3O/c1-2-11-28(12-3-1)39-42-40(29-21-18-27(19-22-29)31-23-20-26-10-4-5-13-30(26)24-31)44-41(43-39)35-25-32-14-6-7-15-33(32)38-37(35)34-16-8-9-17-36(34)45-38/h1-25H. The van der Waals surface area contributed by atoms with Crippen molar-refractivity contribution in [2.24, 2.45) is 0 Å². The van der Waals surface area contributed by atoms with Gasteiger partial charge in [0.2, 0.25) is 0 Å². The molecule has 45 heavy (non-hydrogen) atoms. The molecule has 0 saturated heterocycles. The number of benzene rings is 7. The largest absolute Gasteiger partial charge is 0.455 e. The summed E-state index contributed by atoms with van der Waals surface area (Å²) >= 11 is 0. The van der Waals surface area contributed by atoms with E-state index in [1.807, 2.05) is 60.7 Å². The molecule has 0 N–H and O–H groups in total. The molecular weight excluding hydrogens is 550 g/mol. The molecule has 7 aromatic carbocycles. The van der Waals surface area contributed by atoms with Gasteiger partial charge in [0.25, 0.3) is 0 Å². The minimum Gasteiger partial charge on any atom is -0.455 e. The van der Waals surface area contributed by atoms with Crippen LogP contribution >= 0.6 is 0 Å². The smallest absolute Gasteiger partial charge is 0.164 e. The molecule has 0 amide bonds. The molecule has 2 heterocycles. The van der Waals surface area contributed by atoms with Crippen LogP contribution in [0.5, 0.6) is 0 Å². The highest BCUT2D eigenvalue weighted by atomic mass is 16.3. The minimum absolute atomic E-state index is 0.611. The molecule has 0 saturated carbocycles. The molecule has 0 unspecified atom stereocenters. The Kier molecular flexibility index (Phi) is 5.78. The third-order valence-corrected chi connectivity index (χ3v) is 8.50. The third-order valence-electron chi connectivity index (χ3n) is 8.50. The Labute approximate surface area is 259 Å². The Balaban J connectivity index is 1.24. The average molecular weight is 576 g/mol. The molecule has 0 bridgehead atoms. The normalized spacial score (nSPS) is 11.6. The van der Waals surface area contributed by atoms with Crippen molar-refractivity contribution in [2.75, 3.05) is 0 Å². The van der Waals surface area contributed by atoms with Crippen LogP contribution < -0.4 is 0 Å². The van der Waals surface area contributed by atoms with Crippen LogP contribution in [0.2, 0.25) is 0 Å². The van der Waals surface area contributed by atoms with E-state index in [2.05, 4.69) is 91.0 Å². The van der Waals surface area contributed by atoms with Crippen molar-refractivity contribution < 1.29 is 4.42 Å². The molecule has 0 atom stereocenters. The van der Waals surface area contributed by atoms with Gasteiger partial charge in [-0.2, -0.15) is 0 Å². The molecule has 0 aliphatic heterocycles. The number of hydrogen-bond acceptors (Lipinski definition) is 4. The maximum atomic E-state index is 6.47. The highest BCUT2D eigenvalue weighted by Crippen LogP contribution is 2.41. The second kappa shape index (κ2) is 10.2. The van der Waals surface area contributed by atoms with E-state index < -0.39 is 0 Å². The second-order valence-corrected chi connectivity index (χ2v) is 11.3. The maximum absolute atomic E-state index is 6.47. The Morgan fingerprint density at radius 2 is 0.956 bits per heavy atom. The molecule has 0 fully saturated rings. The SMILES string of the molecule is c1ccc(-c2nc(-c3ccc(-c4ccc5ccccc5c4)cc3)nc(-c3cc4ccccc4c4oc5ccccc5c34)n2)cc1. The van der Waals surface area contributed by atoms with Gasteiger partial charge in [0.05, 0.1) is 0 Å². The van der Waals surface area contributed by atoms with Gasteiger partial charge >= 0.3 is 0 Å². The van der Waals surface area contributed by atoms with Gasteiger partial charge in [-0.3, -0.25) is 0 Å². The van der Waals surface area contributed by atoms with E-state index >= 15 is 0 Å². The Morgan fingerprint density at radius 3 is 1.76 bits per heavy atom. The zero-order valence-corrected chi connectivity index (χ0v) is 24.2. The minimum atomic E-state index is 0.611. The van der Waals surface area contributed by atoms with Crippen molar-refractivity contribution in [3.05, 3.63) is 152 Å². The van der Waals surface area contributed by atoms with E-state index in [4.69, 9.17) is 19.4 Å². The lowest BCUT2D eigenvalue weighted by Gasteiger charge is -2.11. The number of nitrogens with zero attached hydrogens (tertiary/aromatic N) is 3. The van der Waals surface area contributed by atoms with Crippen LogP contribution in [0, 0.1) is 0 Å². The summed E-state index contributed by atoms with van der Waals surface area (Å²) in [6.07, 6.45) is 0. The third kappa shape index (κ3) is 4.35. The molecule has 4 nitrogen and oxygen atoms in total. The summed E-state index contributed by atoms with van der Waals surface area (Å²) in [5.74, 6) is 1.86. The number of furan rings is 1. The highest BCUT2D eigenvalue weighted by Gasteiger charge is 2.20. The maximum Gasteiger partial charge on any atom is 0.164 e. The van der Waals surface area contributed by atoms with Crippen LogP contribution in [-0.2, 0) is 0 Å². The van der Waals surface area contributed by atoms with E-state index in [1.54, 1.807) is 0 Å². The highest BCUT2D eigenvalue weighted by molar-refractivity contribution is 6.20. The molecule has 2 aromatic heterocycles. The van der Waals surface area contributed by atoms with E-state index in [-0.39, 0.29) is 0 Å². The molecule has 4 heteroatoms. The van der Waals surface area contributed by atoms with Gasteiger partial charge in [-0.15, -0.1) is 0 Å². The predicted octanol–water partition coefficient (Wildman–Crippen LogP) is 10.7. The molecule has 0 aliphatic carbocycles. The molecule has 0 aliphatic rings. The van der Waals surface area contributed by atoms with E-state index in [0.29, 0.717) is 17.5 Å². The summed E-state index contributed by atoms with van der Waals surface area (Å²) in [6.45, 7) is 0. The first-order chi connectivity index (χ1) is 22.3. The van der Waals surface area contributed by atoms with Gasteiger partial charge in [0.15, 0.2) is 17.5 Å². The van der Waals surface area contributed by atoms with E-state index in [1.165, 1.54) is 16.3 Å². The second-order valence-electron chi connectivity index (χ2n) is 11.3. The summed E-state index contributed by atoms with van der Waals surface area (Å²) in [5, 5.41) is 6.64. The van der Waals surface area contributed by atoms with Crippen LogP contribution in [-0.4, -0.2) is 15.0 Å². The lowest BCUT2D eigenvalue weighted by molar-refractivity contribution is 0.672. The zero-order chi connectivity index (χ0) is 29.7. The summed E-state index contributed by atoms with van der Waals surface area (Å²) < 4.78 is 6.47. The van der Waals surface area contributed by atoms with Gasteiger partial charge in [0.1, 0.15) is 11.2 Å². The molecule has 9 rings (SSSR count). The monoisotopic (exact) mass is 575 g/mol. The number of aromatic nitrogens is 3. The first kappa shape index (κ1) is 25.4. The van der Waals surface area contributed by atoms with E-state index in [9.17, 15) is 0 Å². The Morgan fingerprint density at radius 1 is 0.378 bits per heavy atom. The molecule has 9 aromatic rings. The number of hydrogen-bond donors (Lipinski definition) is 0. The molecular formula is C41H25N3O. The van der Waals surface area contributed by atoms with Crippen molar-refractivity contribution in [1.29, 1.82) is 0 Å². The van der Waals surface area contributed by atoms with Crippen LogP contribution in [0.1, 0.15) is 0 Å². The summed E-state index contributed by atoms with van der Waals surface area (Å²) in [4.78, 5) is 15.2. The summed E-state index contributed by atoms with van der Waals surface area (Å²) in [5.41, 5.74) is 6.77. The van der Waals surface area contributed by atoms with Crippen molar-refractivity contribution in [1.82, 2.24) is 15.0 Å². The zero-order valence-electron chi connectivity index (χ0n) is 24.2. The fourth-order valence-electron chi connectivity index (χ4n) is 6.26. The Hall–Kier alpha value is -6.13. The van der Waals surface area contributed by atoms with Crippen LogP contribution in [0.3, 0.4) is 0 Å². The topological polar surface area (TPSA) is 51.8 Å². The quantitative estimate of drug-likeness (QED) is 0.209. The van der Waals surface area contributed by atoms with Gasteiger partial charge in [-0.05, 0) is 45.5 Å². The first-order valence-electron chi connectivity index (χ1n) is 15.0. The molecule has 0 spiro atoms. The molecule has 210 valence electrons. The number of rotatable bonds is 4. The van der Waals surface area contributed by atoms with Crippen LogP contribution in [0.15, 0.2) is 156 Å². The predicted molar refractivity (Wildman–Crippen MR) is 184 cm³/mol. The van der Waals surface area contributed by atoms with Gasteiger partial charge < -0.3 is 4.42 Å². The summed E-state index contributed by atoms with van der Waals surface area (Å²) in [6, 6.07) is 52.2. The number of fused-ring (bicyclic) bond motifs is 6. The van der Waals surface area contributed by atoms with Gasteiger partial charge in [-0.25, -0.2) is 15.0 Å². The lowest BCUT2D eigenvalue weighted by Crippen LogP contribution is -2.00. The fourth-order valence-corrected chi connectivity index (χ4v) is 6.26.